The number of urea groups is 1. The quantitative estimate of drug-likeness (QED) is 0.736. The van der Waals surface area contributed by atoms with Crippen LogP contribution in [0.4, 0.5) is 10.5 Å². The zero-order valence-corrected chi connectivity index (χ0v) is 15.9. The molecule has 1 atom stereocenters. The number of halogens is 1. The molecule has 7 nitrogen and oxygen atoms in total. The van der Waals surface area contributed by atoms with Crippen molar-refractivity contribution in [1.82, 2.24) is 19.0 Å². The van der Waals surface area contributed by atoms with Gasteiger partial charge in [-0.05, 0) is 43.2 Å². The first-order valence-electron chi connectivity index (χ1n) is 8.79. The Bertz CT molecular complexity index is 1090. The van der Waals surface area contributed by atoms with Crippen molar-refractivity contribution in [3.8, 4) is 0 Å². The molecule has 1 aliphatic rings. The highest BCUT2D eigenvalue weighted by atomic mass is 35.5. The van der Waals surface area contributed by atoms with E-state index in [4.69, 9.17) is 11.6 Å². The van der Waals surface area contributed by atoms with Crippen molar-refractivity contribution < 1.29 is 4.79 Å². The van der Waals surface area contributed by atoms with E-state index in [1.54, 1.807) is 33.3 Å². The van der Waals surface area contributed by atoms with Crippen LogP contribution < -0.4 is 11.0 Å². The van der Waals surface area contributed by atoms with Crippen molar-refractivity contribution in [1.29, 1.82) is 0 Å². The molecule has 1 N–H and O–H groups in total. The number of rotatable bonds is 2. The lowest BCUT2D eigenvalue weighted by Crippen LogP contribution is -2.34. The molecular weight excluding hydrogens is 366 g/mol. The molecule has 0 bridgehead atoms. The van der Waals surface area contributed by atoms with Crippen molar-refractivity contribution in [2.24, 2.45) is 7.05 Å². The minimum Gasteiger partial charge on any atom is -0.322 e. The highest BCUT2D eigenvalue weighted by Crippen LogP contribution is 2.26. The third kappa shape index (κ3) is 3.08. The van der Waals surface area contributed by atoms with Crippen LogP contribution in [0, 0.1) is 6.92 Å². The number of nitrogens with zero attached hydrogens (tertiary/aromatic N) is 4. The molecule has 140 valence electrons. The summed E-state index contributed by atoms with van der Waals surface area (Å²) in [7, 11) is 1.74. The highest BCUT2D eigenvalue weighted by Gasteiger charge is 2.30. The minimum atomic E-state index is -0.218. The summed E-state index contributed by atoms with van der Waals surface area (Å²) in [6.07, 6.45) is 2.38. The molecule has 0 unspecified atom stereocenters. The van der Waals surface area contributed by atoms with Crippen LogP contribution in [0.3, 0.4) is 0 Å². The van der Waals surface area contributed by atoms with E-state index in [1.165, 1.54) is 0 Å². The molecule has 2 aromatic heterocycles. The molecule has 27 heavy (non-hydrogen) atoms. The zero-order valence-electron chi connectivity index (χ0n) is 15.1. The van der Waals surface area contributed by atoms with E-state index in [0.717, 1.165) is 11.1 Å². The Hall–Kier alpha value is -2.80. The van der Waals surface area contributed by atoms with Crippen LogP contribution in [-0.4, -0.2) is 38.1 Å². The molecule has 0 saturated carbocycles. The maximum atomic E-state index is 12.7. The number of hydrogen-bond acceptors (Lipinski definition) is 3. The number of aromatic nitrogens is 3. The molecule has 8 heteroatoms. The maximum Gasteiger partial charge on any atom is 0.330 e. The average molecular weight is 386 g/mol. The molecule has 1 saturated heterocycles. The number of pyridine rings is 1. The molecule has 0 radical (unpaired) electrons. The lowest BCUT2D eigenvalue weighted by atomic mass is 10.2. The van der Waals surface area contributed by atoms with E-state index in [1.807, 2.05) is 31.2 Å². The van der Waals surface area contributed by atoms with Gasteiger partial charge in [0, 0.05) is 26.3 Å². The van der Waals surface area contributed by atoms with Crippen LogP contribution in [0.2, 0.25) is 5.02 Å². The Morgan fingerprint density at radius 1 is 1.33 bits per heavy atom. The van der Waals surface area contributed by atoms with Gasteiger partial charge in [0.05, 0.1) is 22.3 Å². The van der Waals surface area contributed by atoms with Crippen LogP contribution in [-0.2, 0) is 7.05 Å². The minimum absolute atomic E-state index is 0.102. The first kappa shape index (κ1) is 17.6. The summed E-state index contributed by atoms with van der Waals surface area (Å²) in [4.78, 5) is 31.4. The molecule has 0 aliphatic carbocycles. The number of amides is 2. The second kappa shape index (κ2) is 6.74. The number of likely N-dealkylation sites (tertiary alicyclic amines) is 1. The molecular formula is C19H20ClN5O2. The molecule has 1 aromatic carbocycles. The van der Waals surface area contributed by atoms with Crippen molar-refractivity contribution in [3.63, 3.8) is 0 Å². The average Bonchev–Trinajstić information content (AvgIpc) is 3.22. The molecule has 4 rings (SSSR count). The van der Waals surface area contributed by atoms with Crippen molar-refractivity contribution in [2.45, 2.75) is 19.4 Å². The second-order valence-electron chi connectivity index (χ2n) is 6.86. The van der Waals surface area contributed by atoms with E-state index >= 15 is 0 Å². The standard InChI is InChI=1S/C19H20ClN5O2/c1-12-5-6-15(14(20)10-12)22-18(26)24-9-7-13(11-24)25-17-16(4-3-8-21-17)23(2)19(25)27/h3-6,8,10,13H,7,9,11H2,1-2H3,(H,22,26)/t13-/m1/s1. The second-order valence-corrected chi connectivity index (χ2v) is 7.27. The first-order chi connectivity index (χ1) is 13.0. The SMILES string of the molecule is Cc1ccc(NC(=O)N2CC[C@@H](n3c(=O)n(C)c4cccnc43)C2)c(Cl)c1. The summed E-state index contributed by atoms with van der Waals surface area (Å²) in [6.45, 7) is 2.96. The predicted molar refractivity (Wildman–Crippen MR) is 105 cm³/mol. The normalized spacial score (nSPS) is 16.9. The topological polar surface area (TPSA) is 72.2 Å². The summed E-state index contributed by atoms with van der Waals surface area (Å²) in [5.74, 6) is 0. The van der Waals surface area contributed by atoms with Gasteiger partial charge in [0.1, 0.15) is 0 Å². The molecule has 1 fully saturated rings. The number of fused-ring (bicyclic) bond motifs is 1. The third-order valence-electron chi connectivity index (χ3n) is 5.03. The van der Waals surface area contributed by atoms with Gasteiger partial charge in [0.2, 0.25) is 0 Å². The largest absolute Gasteiger partial charge is 0.330 e. The highest BCUT2D eigenvalue weighted by molar-refractivity contribution is 6.33. The lowest BCUT2D eigenvalue weighted by molar-refractivity contribution is 0.221. The number of aryl methyl sites for hydroxylation is 2. The Balaban J connectivity index is 1.55. The van der Waals surface area contributed by atoms with Gasteiger partial charge in [-0.1, -0.05) is 17.7 Å². The van der Waals surface area contributed by atoms with Crippen LogP contribution in [0.5, 0.6) is 0 Å². The van der Waals surface area contributed by atoms with E-state index in [0.29, 0.717) is 35.9 Å². The molecule has 1 aliphatic heterocycles. The van der Waals surface area contributed by atoms with E-state index in [2.05, 4.69) is 10.3 Å². The number of nitrogens with one attached hydrogen (secondary N) is 1. The first-order valence-corrected chi connectivity index (χ1v) is 9.17. The van der Waals surface area contributed by atoms with Gasteiger partial charge in [-0.25, -0.2) is 14.6 Å². The van der Waals surface area contributed by atoms with Crippen LogP contribution in [0.1, 0.15) is 18.0 Å². The van der Waals surface area contributed by atoms with Crippen LogP contribution in [0.15, 0.2) is 41.3 Å². The fourth-order valence-electron chi connectivity index (χ4n) is 3.57. The van der Waals surface area contributed by atoms with E-state index in [9.17, 15) is 9.59 Å². The smallest absolute Gasteiger partial charge is 0.322 e. The van der Waals surface area contributed by atoms with E-state index < -0.39 is 0 Å². The number of imidazole rings is 1. The van der Waals surface area contributed by atoms with Gasteiger partial charge >= 0.3 is 11.7 Å². The molecule has 2 amide bonds. The molecule has 3 aromatic rings. The molecule has 3 heterocycles. The number of benzene rings is 1. The van der Waals surface area contributed by atoms with Gasteiger partial charge < -0.3 is 10.2 Å². The number of carbonyl (C=O) groups is 1. The van der Waals surface area contributed by atoms with Crippen molar-refractivity contribution >= 4 is 34.5 Å². The Labute approximate surface area is 161 Å². The summed E-state index contributed by atoms with van der Waals surface area (Å²) < 4.78 is 3.29. The fraction of sp³-hybridized carbons (Fsp3) is 0.316. The van der Waals surface area contributed by atoms with E-state index in [-0.39, 0.29) is 17.8 Å². The summed E-state index contributed by atoms with van der Waals surface area (Å²) in [5.41, 5.74) is 2.94. The Kier molecular flexibility index (Phi) is 4.39. The van der Waals surface area contributed by atoms with Crippen molar-refractivity contribution in [3.05, 3.63) is 57.6 Å². The predicted octanol–water partition coefficient (Wildman–Crippen LogP) is 3.18. The Morgan fingerprint density at radius 3 is 2.93 bits per heavy atom. The molecule has 0 spiro atoms. The maximum absolute atomic E-state index is 12.7. The Morgan fingerprint density at radius 2 is 2.15 bits per heavy atom. The van der Waals surface area contributed by atoms with Gasteiger partial charge in [0.25, 0.3) is 0 Å². The van der Waals surface area contributed by atoms with Gasteiger partial charge in [-0.3, -0.25) is 9.13 Å². The van der Waals surface area contributed by atoms with Gasteiger partial charge in [-0.2, -0.15) is 0 Å². The summed E-state index contributed by atoms with van der Waals surface area (Å²) in [6, 6.07) is 8.87. The fourth-order valence-corrected chi connectivity index (χ4v) is 3.86. The summed E-state index contributed by atoms with van der Waals surface area (Å²) >= 11 is 6.20. The van der Waals surface area contributed by atoms with Crippen molar-refractivity contribution in [2.75, 3.05) is 18.4 Å². The number of anilines is 1. The number of carbonyl (C=O) groups excluding carboxylic acids is 1. The van der Waals surface area contributed by atoms with Crippen LogP contribution in [0.25, 0.3) is 11.2 Å². The van der Waals surface area contributed by atoms with Crippen LogP contribution >= 0.6 is 11.6 Å². The zero-order chi connectivity index (χ0) is 19.1. The van der Waals surface area contributed by atoms with Gasteiger partial charge in [0.15, 0.2) is 5.65 Å². The summed E-state index contributed by atoms with van der Waals surface area (Å²) in [5, 5.41) is 3.36. The lowest BCUT2D eigenvalue weighted by Gasteiger charge is -2.18. The monoisotopic (exact) mass is 385 g/mol. The number of hydrogen-bond donors (Lipinski definition) is 1. The third-order valence-corrected chi connectivity index (χ3v) is 5.34. The van der Waals surface area contributed by atoms with Gasteiger partial charge in [-0.15, -0.1) is 0 Å².